The average molecular weight is 313 g/mol. The average Bonchev–Trinajstić information content (AvgIpc) is 3.01. The van der Waals surface area contributed by atoms with Crippen LogP contribution in [0.5, 0.6) is 0 Å². The second-order valence-electron chi connectivity index (χ2n) is 5.71. The second-order valence-corrected chi connectivity index (χ2v) is 5.71. The third-order valence-corrected chi connectivity index (χ3v) is 4.12. The van der Waals surface area contributed by atoms with Gasteiger partial charge in [0, 0.05) is 32.6 Å². The summed E-state index contributed by atoms with van der Waals surface area (Å²) in [6.45, 7) is 4.81. The highest BCUT2D eigenvalue weighted by atomic mass is 16.5. The second kappa shape index (κ2) is 6.24. The molecule has 1 aromatic carbocycles. The summed E-state index contributed by atoms with van der Waals surface area (Å²) < 4.78 is 5.01. The molecule has 2 aromatic rings. The molecular weight excluding hydrogens is 294 g/mol. The van der Waals surface area contributed by atoms with Crippen molar-refractivity contribution in [2.75, 3.05) is 19.6 Å². The first-order valence-corrected chi connectivity index (χ1v) is 7.61. The van der Waals surface area contributed by atoms with E-state index >= 15 is 0 Å². The zero-order valence-electron chi connectivity index (χ0n) is 13.2. The first-order chi connectivity index (χ1) is 11.1. The molecule has 23 heavy (non-hydrogen) atoms. The van der Waals surface area contributed by atoms with Gasteiger partial charge in [-0.1, -0.05) is 35.5 Å². The molecule has 0 saturated carbocycles. The van der Waals surface area contributed by atoms with E-state index in [9.17, 15) is 9.59 Å². The summed E-state index contributed by atoms with van der Waals surface area (Å²) in [5.74, 6) is 0.459. The van der Waals surface area contributed by atoms with Gasteiger partial charge in [0.25, 0.3) is 5.91 Å². The molecule has 1 aromatic heterocycles. The molecule has 6 nitrogen and oxygen atoms in total. The van der Waals surface area contributed by atoms with Crippen molar-refractivity contribution in [1.29, 1.82) is 0 Å². The molecular formula is C17H19N3O3. The molecule has 1 aliphatic rings. The SMILES string of the molecule is CC(=O)N1CCN(C(=O)c2cc(C)on2)[C@@H](c2ccccc2)C1. The first-order valence-electron chi connectivity index (χ1n) is 7.61. The summed E-state index contributed by atoms with van der Waals surface area (Å²) in [5, 5.41) is 3.83. The van der Waals surface area contributed by atoms with Crippen LogP contribution in [0.2, 0.25) is 0 Å². The number of aryl methyl sites for hydroxylation is 1. The third-order valence-electron chi connectivity index (χ3n) is 4.12. The summed E-state index contributed by atoms with van der Waals surface area (Å²) in [5.41, 5.74) is 1.31. The maximum absolute atomic E-state index is 12.8. The molecule has 3 rings (SSSR count). The Labute approximate surface area is 134 Å². The fraction of sp³-hybridized carbons (Fsp3) is 0.353. The van der Waals surface area contributed by atoms with Crippen LogP contribution in [0.3, 0.4) is 0 Å². The minimum absolute atomic E-state index is 0.0234. The summed E-state index contributed by atoms with van der Waals surface area (Å²) in [6, 6.07) is 11.2. The van der Waals surface area contributed by atoms with Crippen molar-refractivity contribution in [3.63, 3.8) is 0 Å². The number of carbonyl (C=O) groups excluding carboxylic acids is 2. The number of hydrogen-bond donors (Lipinski definition) is 0. The summed E-state index contributed by atoms with van der Waals surface area (Å²) in [4.78, 5) is 28.0. The highest BCUT2D eigenvalue weighted by Gasteiger charge is 2.34. The summed E-state index contributed by atoms with van der Waals surface area (Å²) in [7, 11) is 0. The van der Waals surface area contributed by atoms with Crippen LogP contribution in [0, 0.1) is 6.92 Å². The van der Waals surface area contributed by atoms with Gasteiger partial charge in [-0.05, 0) is 12.5 Å². The Morgan fingerprint density at radius 2 is 1.96 bits per heavy atom. The molecule has 0 unspecified atom stereocenters. The highest BCUT2D eigenvalue weighted by Crippen LogP contribution is 2.27. The lowest BCUT2D eigenvalue weighted by molar-refractivity contribution is -0.131. The molecule has 0 spiro atoms. The van der Waals surface area contributed by atoms with Crippen molar-refractivity contribution < 1.29 is 14.1 Å². The van der Waals surface area contributed by atoms with Gasteiger partial charge in [-0.2, -0.15) is 0 Å². The molecule has 0 radical (unpaired) electrons. The molecule has 6 heteroatoms. The number of amides is 2. The van der Waals surface area contributed by atoms with E-state index in [1.165, 1.54) is 0 Å². The number of aromatic nitrogens is 1. The van der Waals surface area contributed by atoms with E-state index in [0.717, 1.165) is 5.56 Å². The van der Waals surface area contributed by atoms with Crippen LogP contribution >= 0.6 is 0 Å². The fourth-order valence-electron chi connectivity index (χ4n) is 2.89. The van der Waals surface area contributed by atoms with Gasteiger partial charge in [0.15, 0.2) is 5.69 Å². The van der Waals surface area contributed by atoms with Crippen molar-refractivity contribution in [3.05, 3.63) is 53.4 Å². The number of piperazine rings is 1. The maximum Gasteiger partial charge on any atom is 0.276 e. The lowest BCUT2D eigenvalue weighted by Crippen LogP contribution is -2.51. The Bertz CT molecular complexity index is 711. The Morgan fingerprint density at radius 3 is 2.57 bits per heavy atom. The van der Waals surface area contributed by atoms with Gasteiger partial charge in [0.05, 0.1) is 6.04 Å². The van der Waals surface area contributed by atoms with Crippen LogP contribution in [-0.2, 0) is 4.79 Å². The highest BCUT2D eigenvalue weighted by molar-refractivity contribution is 5.92. The van der Waals surface area contributed by atoms with E-state index in [-0.39, 0.29) is 17.9 Å². The van der Waals surface area contributed by atoms with Crippen molar-refractivity contribution in [1.82, 2.24) is 15.0 Å². The molecule has 120 valence electrons. The normalized spacial score (nSPS) is 18.1. The molecule has 1 saturated heterocycles. The van der Waals surface area contributed by atoms with Crippen molar-refractivity contribution >= 4 is 11.8 Å². The van der Waals surface area contributed by atoms with E-state index < -0.39 is 0 Å². The molecule has 1 atom stereocenters. The van der Waals surface area contributed by atoms with E-state index in [1.54, 1.807) is 29.7 Å². The van der Waals surface area contributed by atoms with E-state index in [2.05, 4.69) is 5.16 Å². The largest absolute Gasteiger partial charge is 0.361 e. The van der Waals surface area contributed by atoms with Crippen LogP contribution in [0.1, 0.15) is 34.8 Å². The van der Waals surface area contributed by atoms with Gasteiger partial charge in [0.2, 0.25) is 5.91 Å². The standard InChI is InChI=1S/C17H19N3O3/c1-12-10-15(18-23-12)17(22)20-9-8-19(13(2)21)11-16(20)14-6-4-3-5-7-14/h3-7,10,16H,8-9,11H2,1-2H3/t16-/m1/s1. The molecule has 0 aliphatic carbocycles. The van der Waals surface area contributed by atoms with E-state index in [4.69, 9.17) is 4.52 Å². The lowest BCUT2D eigenvalue weighted by Gasteiger charge is -2.41. The van der Waals surface area contributed by atoms with Crippen LogP contribution in [-0.4, -0.2) is 46.4 Å². The van der Waals surface area contributed by atoms with Crippen LogP contribution in [0.4, 0.5) is 0 Å². The topological polar surface area (TPSA) is 66.7 Å². The Hall–Kier alpha value is -2.63. The number of carbonyl (C=O) groups is 2. The fourth-order valence-corrected chi connectivity index (χ4v) is 2.89. The van der Waals surface area contributed by atoms with Gasteiger partial charge < -0.3 is 14.3 Å². The minimum Gasteiger partial charge on any atom is -0.361 e. The third kappa shape index (κ3) is 3.11. The minimum atomic E-state index is -0.182. The zero-order chi connectivity index (χ0) is 16.4. The van der Waals surface area contributed by atoms with Crippen molar-refractivity contribution in [3.8, 4) is 0 Å². The molecule has 2 heterocycles. The van der Waals surface area contributed by atoms with Gasteiger partial charge in [-0.3, -0.25) is 9.59 Å². The molecule has 2 amide bonds. The monoisotopic (exact) mass is 313 g/mol. The van der Waals surface area contributed by atoms with Gasteiger partial charge in [-0.15, -0.1) is 0 Å². The number of benzene rings is 1. The molecule has 1 aliphatic heterocycles. The lowest BCUT2D eigenvalue weighted by atomic mass is 10.0. The molecule has 0 N–H and O–H groups in total. The summed E-state index contributed by atoms with van der Waals surface area (Å²) >= 11 is 0. The smallest absolute Gasteiger partial charge is 0.276 e. The van der Waals surface area contributed by atoms with Crippen LogP contribution in [0.15, 0.2) is 40.9 Å². The van der Waals surface area contributed by atoms with E-state index in [0.29, 0.717) is 31.1 Å². The first kappa shape index (κ1) is 15.3. The summed E-state index contributed by atoms with van der Waals surface area (Å²) in [6.07, 6.45) is 0. The Morgan fingerprint density at radius 1 is 1.22 bits per heavy atom. The van der Waals surface area contributed by atoms with Crippen LogP contribution in [0.25, 0.3) is 0 Å². The maximum atomic E-state index is 12.8. The Kier molecular flexibility index (Phi) is 4.14. The van der Waals surface area contributed by atoms with Crippen LogP contribution < -0.4 is 0 Å². The zero-order valence-corrected chi connectivity index (χ0v) is 13.2. The van der Waals surface area contributed by atoms with Crippen molar-refractivity contribution in [2.45, 2.75) is 19.9 Å². The molecule has 1 fully saturated rings. The van der Waals surface area contributed by atoms with Gasteiger partial charge in [-0.25, -0.2) is 0 Å². The quantitative estimate of drug-likeness (QED) is 0.851. The number of nitrogens with zero attached hydrogens (tertiary/aromatic N) is 3. The number of rotatable bonds is 2. The predicted octanol–water partition coefficient (Wildman–Crippen LogP) is 2.03. The van der Waals surface area contributed by atoms with E-state index in [1.807, 2.05) is 30.3 Å². The predicted molar refractivity (Wildman–Crippen MR) is 83.7 cm³/mol. The van der Waals surface area contributed by atoms with Gasteiger partial charge in [0.1, 0.15) is 5.76 Å². The number of hydrogen-bond acceptors (Lipinski definition) is 4. The molecule has 0 bridgehead atoms. The van der Waals surface area contributed by atoms with Crippen molar-refractivity contribution in [2.24, 2.45) is 0 Å². The van der Waals surface area contributed by atoms with Gasteiger partial charge >= 0.3 is 0 Å². The Balaban J connectivity index is 1.90.